The van der Waals surface area contributed by atoms with Gasteiger partial charge in [-0.05, 0) is 30.2 Å². The molecule has 0 spiro atoms. The van der Waals surface area contributed by atoms with Crippen molar-refractivity contribution in [3.05, 3.63) is 29.3 Å². The first-order chi connectivity index (χ1) is 9.90. The van der Waals surface area contributed by atoms with Crippen molar-refractivity contribution in [3.8, 4) is 0 Å². The summed E-state index contributed by atoms with van der Waals surface area (Å²) < 4.78 is 0. The first-order valence-electron chi connectivity index (χ1n) is 7.09. The quantitative estimate of drug-likeness (QED) is 0.844. The Labute approximate surface area is 123 Å². The second-order valence-corrected chi connectivity index (χ2v) is 5.55. The molecule has 5 nitrogen and oxygen atoms in total. The SMILES string of the molecule is CC(C)C(=O)N1CCc2cc(C(=O)CCC(=O)O)ccc21. The van der Waals surface area contributed by atoms with Crippen molar-refractivity contribution in [1.29, 1.82) is 0 Å². The molecule has 0 fully saturated rings. The predicted molar refractivity (Wildman–Crippen MR) is 78.5 cm³/mol. The van der Waals surface area contributed by atoms with Gasteiger partial charge < -0.3 is 10.0 Å². The molecule has 0 bridgehead atoms. The van der Waals surface area contributed by atoms with Gasteiger partial charge in [0.25, 0.3) is 0 Å². The van der Waals surface area contributed by atoms with Crippen molar-refractivity contribution < 1.29 is 19.5 Å². The lowest BCUT2D eigenvalue weighted by Crippen LogP contribution is -2.32. The minimum Gasteiger partial charge on any atom is -0.481 e. The standard InChI is InChI=1S/C16H19NO4/c1-10(2)16(21)17-8-7-11-9-12(3-4-13(11)17)14(18)5-6-15(19)20/h3-4,9-10H,5-8H2,1-2H3,(H,19,20). The average molecular weight is 289 g/mol. The molecule has 1 aromatic carbocycles. The van der Waals surface area contributed by atoms with Crippen LogP contribution in [0.5, 0.6) is 0 Å². The average Bonchev–Trinajstić information content (AvgIpc) is 2.86. The Kier molecular flexibility index (Phi) is 4.40. The molecule has 2 rings (SSSR count). The summed E-state index contributed by atoms with van der Waals surface area (Å²) in [6.45, 7) is 4.37. The molecule has 21 heavy (non-hydrogen) atoms. The summed E-state index contributed by atoms with van der Waals surface area (Å²) in [5.74, 6) is -1.13. The Morgan fingerprint density at radius 3 is 2.57 bits per heavy atom. The second-order valence-electron chi connectivity index (χ2n) is 5.55. The Morgan fingerprint density at radius 1 is 1.24 bits per heavy atom. The fourth-order valence-corrected chi connectivity index (χ4v) is 2.48. The van der Waals surface area contributed by atoms with Crippen LogP contribution in [0.3, 0.4) is 0 Å². The van der Waals surface area contributed by atoms with Gasteiger partial charge in [0.15, 0.2) is 5.78 Å². The molecule has 5 heteroatoms. The molecule has 0 saturated heterocycles. The van der Waals surface area contributed by atoms with Gasteiger partial charge in [-0.1, -0.05) is 13.8 Å². The third-order valence-corrected chi connectivity index (χ3v) is 3.62. The molecule has 0 saturated carbocycles. The molecule has 0 aliphatic carbocycles. The number of hydrogen-bond acceptors (Lipinski definition) is 3. The third-order valence-electron chi connectivity index (χ3n) is 3.62. The second kappa shape index (κ2) is 6.08. The number of rotatable bonds is 5. The first-order valence-corrected chi connectivity index (χ1v) is 7.09. The van der Waals surface area contributed by atoms with Crippen LogP contribution < -0.4 is 4.90 Å². The largest absolute Gasteiger partial charge is 0.481 e. The Bertz CT molecular complexity index is 592. The van der Waals surface area contributed by atoms with Crippen LogP contribution in [0.15, 0.2) is 18.2 Å². The van der Waals surface area contributed by atoms with E-state index in [2.05, 4.69) is 0 Å². The lowest BCUT2D eigenvalue weighted by Gasteiger charge is -2.19. The number of carbonyl (C=O) groups is 3. The maximum atomic E-state index is 12.1. The number of nitrogens with zero attached hydrogens (tertiary/aromatic N) is 1. The molecular formula is C16H19NO4. The van der Waals surface area contributed by atoms with Gasteiger partial charge in [-0.2, -0.15) is 0 Å². The lowest BCUT2D eigenvalue weighted by molar-refractivity contribution is -0.137. The van der Waals surface area contributed by atoms with Gasteiger partial charge >= 0.3 is 5.97 Å². The number of ketones is 1. The van der Waals surface area contributed by atoms with E-state index >= 15 is 0 Å². The highest BCUT2D eigenvalue weighted by Gasteiger charge is 2.26. The number of fused-ring (bicyclic) bond motifs is 1. The minimum absolute atomic E-state index is 0.00274. The lowest BCUT2D eigenvalue weighted by atomic mass is 10.0. The molecule has 0 unspecified atom stereocenters. The van der Waals surface area contributed by atoms with Crippen LogP contribution in [0.1, 0.15) is 42.6 Å². The molecule has 0 aromatic heterocycles. The molecule has 1 aliphatic heterocycles. The number of carboxylic acids is 1. The van der Waals surface area contributed by atoms with Crippen LogP contribution in [0.2, 0.25) is 0 Å². The maximum absolute atomic E-state index is 12.1. The smallest absolute Gasteiger partial charge is 0.303 e. The van der Waals surface area contributed by atoms with E-state index in [0.29, 0.717) is 12.1 Å². The van der Waals surface area contributed by atoms with Crippen LogP contribution in [-0.4, -0.2) is 29.3 Å². The number of aliphatic carboxylic acids is 1. The van der Waals surface area contributed by atoms with Crippen molar-refractivity contribution in [2.45, 2.75) is 33.1 Å². The Hall–Kier alpha value is -2.17. The molecule has 1 amide bonds. The normalized spacial score (nSPS) is 13.4. The summed E-state index contributed by atoms with van der Waals surface area (Å²) in [6, 6.07) is 5.25. The highest BCUT2D eigenvalue weighted by atomic mass is 16.4. The molecule has 0 radical (unpaired) electrons. The zero-order valence-corrected chi connectivity index (χ0v) is 12.3. The number of Topliss-reactive ketones (excluding diaryl/α,β-unsaturated/α-hetero) is 1. The van der Waals surface area contributed by atoms with Crippen LogP contribution >= 0.6 is 0 Å². The summed E-state index contributed by atoms with van der Waals surface area (Å²) in [5, 5.41) is 8.62. The topological polar surface area (TPSA) is 74.7 Å². The number of hydrogen-bond donors (Lipinski definition) is 1. The van der Waals surface area contributed by atoms with Crippen molar-refractivity contribution in [2.75, 3.05) is 11.4 Å². The Morgan fingerprint density at radius 2 is 1.95 bits per heavy atom. The van der Waals surface area contributed by atoms with Crippen molar-refractivity contribution in [3.63, 3.8) is 0 Å². The van der Waals surface area contributed by atoms with E-state index in [9.17, 15) is 14.4 Å². The summed E-state index contributed by atoms with van der Waals surface area (Å²) in [6.07, 6.45) is 0.574. The Balaban J connectivity index is 2.16. The van der Waals surface area contributed by atoms with Gasteiger partial charge in [0.1, 0.15) is 0 Å². The van der Waals surface area contributed by atoms with E-state index in [0.717, 1.165) is 17.7 Å². The summed E-state index contributed by atoms with van der Waals surface area (Å²) in [4.78, 5) is 36.3. The zero-order valence-electron chi connectivity index (χ0n) is 12.3. The number of carboxylic acid groups (broad SMARTS) is 1. The van der Waals surface area contributed by atoms with Gasteiger partial charge in [0.05, 0.1) is 6.42 Å². The first kappa shape index (κ1) is 15.2. The molecule has 0 atom stereocenters. The number of amides is 1. The maximum Gasteiger partial charge on any atom is 0.303 e. The summed E-state index contributed by atoms with van der Waals surface area (Å²) in [7, 11) is 0. The molecule has 1 heterocycles. The van der Waals surface area contributed by atoms with E-state index in [4.69, 9.17) is 5.11 Å². The fraction of sp³-hybridized carbons (Fsp3) is 0.438. The van der Waals surface area contributed by atoms with Gasteiger partial charge in [0, 0.05) is 30.1 Å². The van der Waals surface area contributed by atoms with Crippen LogP contribution in [0.25, 0.3) is 0 Å². The molecule has 112 valence electrons. The van der Waals surface area contributed by atoms with Crippen LogP contribution in [0, 0.1) is 5.92 Å². The zero-order chi connectivity index (χ0) is 15.6. The third kappa shape index (κ3) is 3.29. The highest BCUT2D eigenvalue weighted by Crippen LogP contribution is 2.30. The summed E-state index contributed by atoms with van der Waals surface area (Å²) >= 11 is 0. The monoisotopic (exact) mass is 289 g/mol. The van der Waals surface area contributed by atoms with Gasteiger partial charge in [-0.15, -0.1) is 0 Å². The molecular weight excluding hydrogens is 270 g/mol. The predicted octanol–water partition coefficient (Wildman–Crippen LogP) is 2.28. The van der Waals surface area contributed by atoms with Crippen molar-refractivity contribution in [1.82, 2.24) is 0 Å². The van der Waals surface area contributed by atoms with Gasteiger partial charge in [-0.25, -0.2) is 0 Å². The highest BCUT2D eigenvalue weighted by molar-refractivity contribution is 6.00. The number of benzene rings is 1. The van der Waals surface area contributed by atoms with E-state index in [1.165, 1.54) is 0 Å². The van der Waals surface area contributed by atoms with E-state index in [-0.39, 0.29) is 30.4 Å². The van der Waals surface area contributed by atoms with E-state index in [1.54, 1.807) is 23.1 Å². The summed E-state index contributed by atoms with van der Waals surface area (Å²) in [5.41, 5.74) is 2.36. The number of anilines is 1. The van der Waals surface area contributed by atoms with E-state index < -0.39 is 5.97 Å². The molecule has 1 aromatic rings. The minimum atomic E-state index is -0.974. The van der Waals surface area contributed by atoms with Crippen molar-refractivity contribution >= 4 is 23.3 Å². The van der Waals surface area contributed by atoms with Crippen LogP contribution in [-0.2, 0) is 16.0 Å². The van der Waals surface area contributed by atoms with E-state index in [1.807, 2.05) is 13.8 Å². The molecule has 1 aliphatic rings. The van der Waals surface area contributed by atoms with Gasteiger partial charge in [-0.3, -0.25) is 14.4 Å². The fourth-order valence-electron chi connectivity index (χ4n) is 2.48. The number of carbonyl (C=O) groups excluding carboxylic acids is 2. The molecule has 1 N–H and O–H groups in total. The van der Waals surface area contributed by atoms with Crippen LogP contribution in [0.4, 0.5) is 5.69 Å². The van der Waals surface area contributed by atoms with Crippen molar-refractivity contribution in [2.24, 2.45) is 5.92 Å². The van der Waals surface area contributed by atoms with Gasteiger partial charge in [0.2, 0.25) is 5.91 Å².